The minimum absolute atomic E-state index is 0.0366. The summed E-state index contributed by atoms with van der Waals surface area (Å²) in [6.07, 6.45) is 7.57. The van der Waals surface area contributed by atoms with Crippen LogP contribution in [0, 0.1) is 11.7 Å². The van der Waals surface area contributed by atoms with Crippen LogP contribution in [0.1, 0.15) is 82.3 Å². The molecule has 19 heteroatoms. The van der Waals surface area contributed by atoms with Crippen LogP contribution in [0.3, 0.4) is 0 Å². The van der Waals surface area contributed by atoms with E-state index in [1.54, 1.807) is 12.3 Å². The van der Waals surface area contributed by atoms with Crippen molar-refractivity contribution in [2.75, 3.05) is 19.6 Å². The molecular formula is C45H60FN11O7. The summed E-state index contributed by atoms with van der Waals surface area (Å²) in [6, 6.07) is 5.94. The van der Waals surface area contributed by atoms with Crippen LogP contribution < -0.4 is 43.4 Å². The molecule has 0 radical (unpaired) electrons. The average molecular weight is 886 g/mol. The molecule has 1 aliphatic carbocycles. The van der Waals surface area contributed by atoms with Gasteiger partial charge in [-0.25, -0.2) is 4.39 Å². The summed E-state index contributed by atoms with van der Waals surface area (Å²) in [6.45, 7) is 0.972. The number of aromatic nitrogens is 1. The van der Waals surface area contributed by atoms with Gasteiger partial charge in [0.05, 0.1) is 0 Å². The molecule has 2 aliphatic heterocycles. The lowest BCUT2D eigenvalue weighted by molar-refractivity contribution is -0.143. The highest BCUT2D eigenvalue weighted by atomic mass is 19.1. The first-order chi connectivity index (χ1) is 30.8. The number of fused-ring (bicyclic) bond motifs is 2. The van der Waals surface area contributed by atoms with E-state index in [-0.39, 0.29) is 62.6 Å². The lowest BCUT2D eigenvalue weighted by Gasteiger charge is -2.33. The fourth-order valence-corrected chi connectivity index (χ4v) is 8.94. The highest BCUT2D eigenvalue weighted by Crippen LogP contribution is 2.28. The van der Waals surface area contributed by atoms with Crippen molar-refractivity contribution in [2.45, 2.75) is 120 Å². The molecular weight excluding hydrogens is 826 g/mol. The molecule has 344 valence electrons. The van der Waals surface area contributed by atoms with Crippen LogP contribution in [0.5, 0.6) is 0 Å². The maximum absolute atomic E-state index is 14.8. The molecule has 6 rings (SSSR count). The Balaban J connectivity index is 1.35. The summed E-state index contributed by atoms with van der Waals surface area (Å²) in [5, 5.41) is 17.4. The van der Waals surface area contributed by atoms with Gasteiger partial charge in [0, 0.05) is 56.5 Å². The fourth-order valence-electron chi connectivity index (χ4n) is 8.94. The average Bonchev–Trinajstić information content (AvgIpc) is 3.93. The number of hydrogen-bond donors (Lipinski definition) is 9. The first-order valence-corrected chi connectivity index (χ1v) is 22.2. The zero-order valence-corrected chi connectivity index (χ0v) is 36.1. The number of nitrogens with zero attached hydrogens (tertiary/aromatic N) is 2. The monoisotopic (exact) mass is 885 g/mol. The molecule has 18 nitrogen and oxygen atoms in total. The normalized spacial score (nSPS) is 23.2. The summed E-state index contributed by atoms with van der Waals surface area (Å²) in [5.41, 5.74) is 12.8. The number of halogens is 1. The van der Waals surface area contributed by atoms with Gasteiger partial charge in [0.15, 0.2) is 5.96 Å². The van der Waals surface area contributed by atoms with Crippen molar-refractivity contribution in [3.05, 3.63) is 71.7 Å². The third-order valence-corrected chi connectivity index (χ3v) is 12.2. The van der Waals surface area contributed by atoms with Gasteiger partial charge in [0.2, 0.25) is 41.4 Å². The Morgan fingerprint density at radius 2 is 1.55 bits per heavy atom. The molecule has 64 heavy (non-hydrogen) atoms. The van der Waals surface area contributed by atoms with E-state index in [1.807, 2.05) is 24.3 Å². The van der Waals surface area contributed by atoms with Crippen LogP contribution in [-0.4, -0.2) is 113 Å². The number of nitrogens with two attached hydrogens (primary N) is 2. The number of aliphatic imine (C=N–C) groups is 1. The van der Waals surface area contributed by atoms with Gasteiger partial charge < -0.3 is 53.3 Å². The van der Waals surface area contributed by atoms with Crippen LogP contribution in [0.2, 0.25) is 0 Å². The predicted octanol–water partition coefficient (Wildman–Crippen LogP) is 0.681. The molecule has 3 aromatic rings. The lowest BCUT2D eigenvalue weighted by atomic mass is 9.84. The van der Waals surface area contributed by atoms with Gasteiger partial charge in [0.25, 0.3) is 0 Å². The zero-order chi connectivity index (χ0) is 45.8. The number of hydrogen-bond acceptors (Lipinski definition) is 8. The summed E-state index contributed by atoms with van der Waals surface area (Å²) in [7, 11) is 0. The molecule has 2 saturated heterocycles. The van der Waals surface area contributed by atoms with Gasteiger partial charge in [0.1, 0.15) is 42.1 Å². The molecule has 3 heterocycles. The first kappa shape index (κ1) is 47.0. The van der Waals surface area contributed by atoms with Crippen molar-refractivity contribution >= 4 is 58.2 Å². The van der Waals surface area contributed by atoms with E-state index in [4.69, 9.17) is 11.5 Å². The minimum Gasteiger partial charge on any atom is -0.370 e. The number of amides is 7. The second-order valence-electron chi connectivity index (χ2n) is 17.0. The lowest BCUT2D eigenvalue weighted by Crippen LogP contribution is -2.62. The Kier molecular flexibility index (Phi) is 16.3. The van der Waals surface area contributed by atoms with Crippen LogP contribution in [-0.2, 0) is 46.4 Å². The number of rotatable bonds is 13. The Morgan fingerprint density at radius 1 is 0.844 bits per heavy atom. The summed E-state index contributed by atoms with van der Waals surface area (Å²) in [4.78, 5) is 107. The van der Waals surface area contributed by atoms with Crippen molar-refractivity contribution in [3.63, 3.8) is 0 Å². The number of aromatic amines is 1. The van der Waals surface area contributed by atoms with E-state index < -0.39 is 90.0 Å². The summed E-state index contributed by atoms with van der Waals surface area (Å²) in [5.74, 6) is -5.31. The molecule has 11 N–H and O–H groups in total. The number of para-hydroxylation sites is 1. The maximum atomic E-state index is 14.8. The molecule has 2 aromatic carbocycles. The highest BCUT2D eigenvalue weighted by Gasteiger charge is 2.41. The molecule has 7 amide bonds. The van der Waals surface area contributed by atoms with Crippen LogP contribution in [0.15, 0.2) is 59.7 Å². The van der Waals surface area contributed by atoms with E-state index in [0.717, 1.165) is 48.6 Å². The predicted molar refractivity (Wildman–Crippen MR) is 236 cm³/mol. The standard InChI is InChI=1S/C45H60FN11O7/c1-26(58)52-35(22-28-13-5-7-15-31(28)46)41(61)56-37-25-51-39(59)33(17-9-19-49-45(47)48)53-42(62)36(23-29-24-50-32-16-8-6-14-30(29)32)54-40(60)34(21-27-11-3-2-4-12-27)55-43(63)38-18-10-20-57(38)44(37)64/h5-8,13-16,24,27,33-38,50H,2-4,9-12,17-23,25H2,1H3,(H,51,59)(H,52,58)(H,53,62)(H,54,60)(H,55,63)(H,56,61)(H4,47,48,49)/t33-,34+,35-,36-,37?,38?/m0/s1. The maximum Gasteiger partial charge on any atom is 0.247 e. The first-order valence-electron chi connectivity index (χ1n) is 22.2. The zero-order valence-electron chi connectivity index (χ0n) is 36.1. The third-order valence-electron chi connectivity index (χ3n) is 12.2. The smallest absolute Gasteiger partial charge is 0.247 e. The molecule has 6 atom stereocenters. The van der Waals surface area contributed by atoms with Gasteiger partial charge >= 0.3 is 0 Å². The topological polar surface area (TPSA) is 275 Å². The SMILES string of the molecule is CC(=O)N[C@@H](Cc1ccccc1F)C(=O)NC1CNC(=O)[C@H](CCCN=C(N)N)NC(=O)[C@H](Cc2c[nH]c3ccccc23)NC(=O)[C@@H](CC2CCCCC2)NC(=O)C2CCCN2C1=O. The Morgan fingerprint density at radius 3 is 2.30 bits per heavy atom. The second-order valence-corrected chi connectivity index (χ2v) is 17.0. The number of nitrogens with one attached hydrogen (secondary N) is 7. The Labute approximate surface area is 371 Å². The second kappa shape index (κ2) is 22.2. The molecule has 1 saturated carbocycles. The van der Waals surface area contributed by atoms with Crippen molar-refractivity contribution < 1.29 is 38.0 Å². The number of guanidine groups is 1. The van der Waals surface area contributed by atoms with Crippen LogP contribution in [0.4, 0.5) is 4.39 Å². The van der Waals surface area contributed by atoms with E-state index in [9.17, 15) is 38.0 Å². The van der Waals surface area contributed by atoms with Gasteiger partial charge in [-0.15, -0.1) is 0 Å². The summed E-state index contributed by atoms with van der Waals surface area (Å²) < 4.78 is 14.8. The molecule has 1 aromatic heterocycles. The van der Waals surface area contributed by atoms with Gasteiger partial charge in [-0.3, -0.25) is 38.6 Å². The summed E-state index contributed by atoms with van der Waals surface area (Å²) >= 11 is 0. The van der Waals surface area contributed by atoms with E-state index in [0.29, 0.717) is 12.8 Å². The van der Waals surface area contributed by atoms with E-state index in [1.165, 1.54) is 30.0 Å². The van der Waals surface area contributed by atoms with Crippen molar-refractivity contribution in [1.82, 2.24) is 41.8 Å². The Hall–Kier alpha value is -6.53. The number of carbonyl (C=O) groups excluding carboxylic acids is 7. The third kappa shape index (κ3) is 12.6. The van der Waals surface area contributed by atoms with E-state index in [2.05, 4.69) is 41.9 Å². The quantitative estimate of drug-likeness (QED) is 0.0663. The number of carbonyl (C=O) groups is 7. The van der Waals surface area contributed by atoms with Gasteiger partial charge in [-0.1, -0.05) is 68.5 Å². The van der Waals surface area contributed by atoms with E-state index >= 15 is 0 Å². The largest absolute Gasteiger partial charge is 0.370 e. The number of benzene rings is 2. The highest BCUT2D eigenvalue weighted by molar-refractivity contribution is 5.98. The molecule has 0 spiro atoms. The molecule has 2 unspecified atom stereocenters. The van der Waals surface area contributed by atoms with Crippen molar-refractivity contribution in [1.29, 1.82) is 0 Å². The molecule has 3 fully saturated rings. The molecule has 3 aliphatic rings. The van der Waals surface area contributed by atoms with Crippen LogP contribution in [0.25, 0.3) is 10.9 Å². The Bertz CT molecular complexity index is 2200. The van der Waals surface area contributed by atoms with Crippen molar-refractivity contribution in [3.8, 4) is 0 Å². The number of H-pyrrole nitrogens is 1. The van der Waals surface area contributed by atoms with Crippen LogP contribution >= 0.6 is 0 Å². The molecule has 0 bridgehead atoms. The van der Waals surface area contributed by atoms with Gasteiger partial charge in [-0.2, -0.15) is 0 Å². The minimum atomic E-state index is -1.48. The van der Waals surface area contributed by atoms with Crippen molar-refractivity contribution in [2.24, 2.45) is 22.4 Å². The fraction of sp³-hybridized carbons (Fsp3) is 0.511. The van der Waals surface area contributed by atoms with Gasteiger partial charge in [-0.05, 0) is 61.3 Å².